The molecule has 0 spiro atoms. The Labute approximate surface area is 177 Å². The molecule has 1 N–H and O–H groups in total. The Hall–Kier alpha value is -1.76. The third-order valence-corrected chi connectivity index (χ3v) is 6.60. The maximum absolute atomic E-state index is 12.9. The largest absolute Gasteiger partial charge is 0.451 e. The normalized spacial score (nSPS) is 15.1. The van der Waals surface area contributed by atoms with Gasteiger partial charge in [0.05, 0.1) is 0 Å². The highest BCUT2D eigenvalue weighted by atomic mass is 79.9. The van der Waals surface area contributed by atoms with Crippen LogP contribution < -0.4 is 5.32 Å². The summed E-state index contributed by atoms with van der Waals surface area (Å²) in [5, 5.41) is 4.01. The number of nitrogens with one attached hydrogen (secondary N) is 1. The average molecular weight is 459 g/mol. The molecule has 146 valence electrons. The van der Waals surface area contributed by atoms with E-state index in [4.69, 9.17) is 4.42 Å². The molecular weight excluding hydrogens is 436 g/mol. The van der Waals surface area contributed by atoms with Crippen molar-refractivity contribution < 1.29 is 9.21 Å². The first-order valence-corrected chi connectivity index (χ1v) is 11.4. The summed E-state index contributed by atoms with van der Waals surface area (Å²) in [6.07, 6.45) is 0. The minimum absolute atomic E-state index is 0.209. The highest BCUT2D eigenvalue weighted by molar-refractivity contribution is 9.10. The minimum atomic E-state index is -0.209. The number of furan rings is 1. The number of aryl methyl sites for hydroxylation is 2. The van der Waals surface area contributed by atoms with Crippen molar-refractivity contribution in [3.05, 3.63) is 63.3 Å². The number of amides is 1. The molecule has 0 saturated carbocycles. The molecule has 0 atom stereocenters. The number of carbonyl (C=O) groups excluding carboxylic acids is 1. The lowest BCUT2D eigenvalue weighted by atomic mass is 10.1. The highest BCUT2D eigenvalue weighted by Gasteiger charge is 2.19. The zero-order valence-corrected chi connectivity index (χ0v) is 18.5. The fourth-order valence-electron chi connectivity index (χ4n) is 3.51. The monoisotopic (exact) mass is 458 g/mol. The molecule has 28 heavy (non-hydrogen) atoms. The number of fused-ring (bicyclic) bond motifs is 1. The molecule has 1 aliphatic heterocycles. The van der Waals surface area contributed by atoms with Gasteiger partial charge in [0.2, 0.25) is 0 Å². The van der Waals surface area contributed by atoms with Gasteiger partial charge in [-0.05, 0) is 49.2 Å². The number of rotatable bonds is 4. The van der Waals surface area contributed by atoms with Gasteiger partial charge in [-0.15, -0.1) is 0 Å². The number of thioether (sulfide) groups is 1. The molecule has 2 heterocycles. The summed E-state index contributed by atoms with van der Waals surface area (Å²) in [6, 6.07) is 12.1. The second-order valence-electron chi connectivity index (χ2n) is 7.19. The van der Waals surface area contributed by atoms with E-state index >= 15 is 0 Å². The second-order valence-corrected chi connectivity index (χ2v) is 9.33. The lowest BCUT2D eigenvalue weighted by molar-refractivity contribution is 0.0998. The Morgan fingerprint density at radius 1 is 1.18 bits per heavy atom. The number of benzene rings is 2. The van der Waals surface area contributed by atoms with Gasteiger partial charge in [-0.25, -0.2) is 0 Å². The molecule has 0 bridgehead atoms. The third kappa shape index (κ3) is 4.14. The van der Waals surface area contributed by atoms with Gasteiger partial charge in [0.25, 0.3) is 5.91 Å². The van der Waals surface area contributed by atoms with E-state index < -0.39 is 0 Å². The number of halogens is 1. The van der Waals surface area contributed by atoms with Gasteiger partial charge in [0.15, 0.2) is 5.76 Å². The lowest BCUT2D eigenvalue weighted by Crippen LogP contribution is -2.32. The predicted octanol–water partition coefficient (Wildman–Crippen LogP) is 5.61. The maximum atomic E-state index is 12.9. The molecule has 1 fully saturated rings. The Balaban J connectivity index is 1.55. The number of carbonyl (C=O) groups is 1. The van der Waals surface area contributed by atoms with E-state index in [1.807, 2.05) is 43.8 Å². The Morgan fingerprint density at radius 3 is 2.75 bits per heavy atom. The van der Waals surface area contributed by atoms with E-state index in [-0.39, 0.29) is 5.91 Å². The number of nitrogens with zero attached hydrogens (tertiary/aromatic N) is 1. The van der Waals surface area contributed by atoms with Crippen LogP contribution in [0, 0.1) is 13.8 Å². The molecule has 1 saturated heterocycles. The van der Waals surface area contributed by atoms with E-state index in [9.17, 15) is 4.79 Å². The van der Waals surface area contributed by atoms with Gasteiger partial charge in [-0.2, -0.15) is 11.8 Å². The fraction of sp³-hybridized carbons (Fsp3) is 0.318. The lowest BCUT2D eigenvalue weighted by Gasteiger charge is -2.26. The summed E-state index contributed by atoms with van der Waals surface area (Å²) in [6.45, 7) is 7.09. The summed E-state index contributed by atoms with van der Waals surface area (Å²) < 4.78 is 6.80. The van der Waals surface area contributed by atoms with Crippen molar-refractivity contribution in [1.29, 1.82) is 0 Å². The standard InChI is InChI=1S/C22H23BrN2O2S/c1-14-3-4-16(13-25-7-9-28-10-8-25)11-19(14)24-22(26)21-15(2)18-12-17(23)5-6-20(18)27-21/h3-6,11-12H,7-10,13H2,1-2H3,(H,24,26). The molecule has 3 aromatic rings. The molecule has 2 aromatic carbocycles. The minimum Gasteiger partial charge on any atom is -0.451 e. The van der Waals surface area contributed by atoms with Gasteiger partial charge in [0, 0.05) is 52.2 Å². The summed E-state index contributed by atoms with van der Waals surface area (Å²) in [7, 11) is 0. The van der Waals surface area contributed by atoms with Crippen molar-refractivity contribution >= 4 is 50.3 Å². The van der Waals surface area contributed by atoms with Crippen molar-refractivity contribution in [2.24, 2.45) is 0 Å². The quantitative estimate of drug-likeness (QED) is 0.551. The van der Waals surface area contributed by atoms with E-state index in [0.717, 1.165) is 51.9 Å². The van der Waals surface area contributed by atoms with Crippen molar-refractivity contribution in [2.75, 3.05) is 29.9 Å². The van der Waals surface area contributed by atoms with Crippen LogP contribution in [0.2, 0.25) is 0 Å². The van der Waals surface area contributed by atoms with Gasteiger partial charge in [-0.1, -0.05) is 28.1 Å². The first-order chi connectivity index (χ1) is 13.5. The maximum Gasteiger partial charge on any atom is 0.291 e. The van der Waals surface area contributed by atoms with Crippen LogP contribution in [0.5, 0.6) is 0 Å². The van der Waals surface area contributed by atoms with Gasteiger partial charge < -0.3 is 9.73 Å². The molecule has 0 radical (unpaired) electrons. The van der Waals surface area contributed by atoms with Crippen LogP contribution >= 0.6 is 27.7 Å². The topological polar surface area (TPSA) is 45.5 Å². The van der Waals surface area contributed by atoms with Crippen LogP contribution in [0.3, 0.4) is 0 Å². The van der Waals surface area contributed by atoms with Crippen LogP contribution in [0.4, 0.5) is 5.69 Å². The van der Waals surface area contributed by atoms with Crippen molar-refractivity contribution in [3.63, 3.8) is 0 Å². The van der Waals surface area contributed by atoms with Gasteiger partial charge in [-0.3, -0.25) is 9.69 Å². The van der Waals surface area contributed by atoms with Crippen molar-refractivity contribution in [3.8, 4) is 0 Å². The number of hydrogen-bond acceptors (Lipinski definition) is 4. The predicted molar refractivity (Wildman–Crippen MR) is 120 cm³/mol. The summed E-state index contributed by atoms with van der Waals surface area (Å²) >= 11 is 5.49. The molecular formula is C22H23BrN2O2S. The molecule has 0 unspecified atom stereocenters. The van der Waals surface area contributed by atoms with E-state index in [1.54, 1.807) is 0 Å². The van der Waals surface area contributed by atoms with E-state index in [2.05, 4.69) is 44.3 Å². The number of hydrogen-bond donors (Lipinski definition) is 1. The van der Waals surface area contributed by atoms with Crippen LogP contribution in [-0.4, -0.2) is 35.4 Å². The molecule has 4 nitrogen and oxygen atoms in total. The Morgan fingerprint density at radius 2 is 1.96 bits per heavy atom. The molecule has 0 aliphatic carbocycles. The van der Waals surface area contributed by atoms with Gasteiger partial charge in [0.1, 0.15) is 5.58 Å². The SMILES string of the molecule is Cc1ccc(CN2CCSCC2)cc1NC(=O)c1oc2ccc(Br)cc2c1C. The van der Waals surface area contributed by atoms with Crippen molar-refractivity contribution in [1.82, 2.24) is 4.90 Å². The first kappa shape index (κ1) is 19.6. The molecule has 4 rings (SSSR count). The fourth-order valence-corrected chi connectivity index (χ4v) is 4.85. The zero-order valence-electron chi connectivity index (χ0n) is 16.0. The molecule has 6 heteroatoms. The zero-order chi connectivity index (χ0) is 19.7. The van der Waals surface area contributed by atoms with Crippen LogP contribution in [-0.2, 0) is 6.54 Å². The number of anilines is 1. The van der Waals surface area contributed by atoms with E-state index in [1.165, 1.54) is 17.1 Å². The van der Waals surface area contributed by atoms with Crippen LogP contribution in [0.1, 0.15) is 27.2 Å². The third-order valence-electron chi connectivity index (χ3n) is 5.16. The Bertz CT molecular complexity index is 1020. The molecule has 1 amide bonds. The molecule has 1 aromatic heterocycles. The van der Waals surface area contributed by atoms with Crippen molar-refractivity contribution in [2.45, 2.75) is 20.4 Å². The Kier molecular flexibility index (Phi) is 5.80. The highest BCUT2D eigenvalue weighted by Crippen LogP contribution is 2.29. The first-order valence-electron chi connectivity index (χ1n) is 9.41. The summed E-state index contributed by atoms with van der Waals surface area (Å²) in [4.78, 5) is 15.4. The van der Waals surface area contributed by atoms with Gasteiger partial charge >= 0.3 is 0 Å². The molecule has 1 aliphatic rings. The summed E-state index contributed by atoms with van der Waals surface area (Å²) in [5.41, 5.74) is 4.68. The smallest absolute Gasteiger partial charge is 0.291 e. The van der Waals surface area contributed by atoms with Crippen LogP contribution in [0.25, 0.3) is 11.0 Å². The second kappa shape index (κ2) is 8.31. The van der Waals surface area contributed by atoms with Crippen LogP contribution in [0.15, 0.2) is 45.3 Å². The average Bonchev–Trinajstić information content (AvgIpc) is 3.01. The summed E-state index contributed by atoms with van der Waals surface area (Å²) in [5.74, 6) is 2.54. The van der Waals surface area contributed by atoms with E-state index in [0.29, 0.717) is 5.76 Å².